The van der Waals surface area contributed by atoms with Gasteiger partial charge in [0.15, 0.2) is 5.83 Å². The van der Waals surface area contributed by atoms with E-state index in [4.69, 9.17) is 5.26 Å². The van der Waals surface area contributed by atoms with Gasteiger partial charge in [0.2, 0.25) is 0 Å². The molecule has 1 nitrogen and oxygen atoms in total. The van der Waals surface area contributed by atoms with Gasteiger partial charge in [-0.3, -0.25) is 0 Å². The highest BCUT2D eigenvalue weighted by molar-refractivity contribution is 5.19. The minimum absolute atomic E-state index is 0.230. The first-order chi connectivity index (χ1) is 4.56. The molecule has 0 bridgehead atoms. The van der Waals surface area contributed by atoms with Crippen LogP contribution in [0.15, 0.2) is 11.9 Å². The largest absolute Gasteiger partial charge is 0.196 e. The fourth-order valence-corrected chi connectivity index (χ4v) is 1.01. The van der Waals surface area contributed by atoms with Crippen LogP contribution in [0.1, 0.15) is 20.3 Å². The number of halogens is 1. The second kappa shape index (κ2) is 2.09. The van der Waals surface area contributed by atoms with Crippen LogP contribution in [0.2, 0.25) is 0 Å². The van der Waals surface area contributed by atoms with E-state index in [-0.39, 0.29) is 11.3 Å². The molecule has 1 saturated carbocycles. The van der Waals surface area contributed by atoms with Gasteiger partial charge in [-0.25, -0.2) is 0 Å². The van der Waals surface area contributed by atoms with Crippen molar-refractivity contribution in [3.63, 3.8) is 0 Å². The molecule has 1 fully saturated rings. The zero-order valence-corrected chi connectivity index (χ0v) is 6.19. The van der Waals surface area contributed by atoms with Gasteiger partial charge in [-0.1, -0.05) is 13.8 Å². The van der Waals surface area contributed by atoms with Crippen molar-refractivity contribution in [3.8, 4) is 6.07 Å². The second-order valence-corrected chi connectivity index (χ2v) is 3.43. The van der Waals surface area contributed by atoms with Gasteiger partial charge in [0.05, 0.1) is 0 Å². The number of nitriles is 1. The Labute approximate surface area is 60.2 Å². The molecular formula is C8H10FN. The van der Waals surface area contributed by atoms with Gasteiger partial charge in [0.25, 0.3) is 0 Å². The van der Waals surface area contributed by atoms with Crippen LogP contribution >= 0.6 is 0 Å². The average molecular weight is 139 g/mol. The molecule has 0 amide bonds. The molecule has 0 aromatic rings. The number of hydrogen-bond acceptors (Lipinski definition) is 1. The molecule has 0 spiro atoms. The van der Waals surface area contributed by atoms with Crippen molar-refractivity contribution in [2.24, 2.45) is 11.3 Å². The summed E-state index contributed by atoms with van der Waals surface area (Å²) in [4.78, 5) is 0. The molecule has 0 heterocycles. The summed E-state index contributed by atoms with van der Waals surface area (Å²) >= 11 is 0. The lowest BCUT2D eigenvalue weighted by Crippen LogP contribution is -1.86. The van der Waals surface area contributed by atoms with Gasteiger partial charge >= 0.3 is 0 Å². The summed E-state index contributed by atoms with van der Waals surface area (Å²) in [6.07, 6.45) is 2.42. The minimum atomic E-state index is -0.643. The van der Waals surface area contributed by atoms with E-state index in [0.29, 0.717) is 0 Å². The average Bonchev–Trinajstić information content (AvgIpc) is 2.40. The maximum absolute atomic E-state index is 12.3. The van der Waals surface area contributed by atoms with Crippen LogP contribution in [0.4, 0.5) is 4.39 Å². The fraction of sp³-hybridized carbons (Fsp3) is 0.625. The van der Waals surface area contributed by atoms with Crippen molar-refractivity contribution in [2.45, 2.75) is 20.3 Å². The van der Waals surface area contributed by atoms with Gasteiger partial charge in [0, 0.05) is 0 Å². The smallest absolute Gasteiger partial charge is 0.195 e. The Balaban J connectivity index is 2.52. The molecule has 0 saturated heterocycles. The Hall–Kier alpha value is -0.840. The van der Waals surface area contributed by atoms with Crippen LogP contribution in [-0.4, -0.2) is 0 Å². The predicted molar refractivity (Wildman–Crippen MR) is 36.7 cm³/mol. The van der Waals surface area contributed by atoms with E-state index in [1.807, 2.05) is 0 Å². The molecule has 1 aliphatic rings. The van der Waals surface area contributed by atoms with Gasteiger partial charge in [0.1, 0.15) is 6.07 Å². The zero-order valence-electron chi connectivity index (χ0n) is 6.19. The molecule has 54 valence electrons. The van der Waals surface area contributed by atoms with E-state index in [0.717, 1.165) is 6.42 Å². The van der Waals surface area contributed by atoms with Crippen molar-refractivity contribution >= 4 is 0 Å². The van der Waals surface area contributed by atoms with Crippen molar-refractivity contribution < 1.29 is 4.39 Å². The minimum Gasteiger partial charge on any atom is -0.195 e. The van der Waals surface area contributed by atoms with E-state index in [9.17, 15) is 4.39 Å². The Kier molecular flexibility index (Phi) is 1.52. The van der Waals surface area contributed by atoms with E-state index in [2.05, 4.69) is 13.8 Å². The third-order valence-corrected chi connectivity index (χ3v) is 2.04. The molecule has 1 atom stereocenters. The van der Waals surface area contributed by atoms with Gasteiger partial charge in [-0.2, -0.15) is 9.65 Å². The fourth-order valence-electron chi connectivity index (χ4n) is 1.01. The summed E-state index contributed by atoms with van der Waals surface area (Å²) in [5, 5.41) is 8.09. The highest BCUT2D eigenvalue weighted by Crippen LogP contribution is 2.52. The number of nitrogens with zero attached hydrogens (tertiary/aromatic N) is 1. The summed E-state index contributed by atoms with van der Waals surface area (Å²) in [7, 11) is 0. The number of hydrogen-bond donors (Lipinski definition) is 0. The maximum atomic E-state index is 12.3. The molecule has 0 aromatic carbocycles. The summed E-state index contributed by atoms with van der Waals surface area (Å²) in [6.45, 7) is 4.14. The number of allylic oxidation sites excluding steroid dienone is 2. The summed E-state index contributed by atoms with van der Waals surface area (Å²) in [5.41, 5.74) is 0.230. The summed E-state index contributed by atoms with van der Waals surface area (Å²) in [6, 6.07) is 1.47. The highest BCUT2D eigenvalue weighted by Gasteiger charge is 2.44. The molecule has 0 aromatic heterocycles. The highest BCUT2D eigenvalue weighted by atomic mass is 19.1. The Morgan fingerprint density at radius 3 is 2.60 bits per heavy atom. The molecule has 0 aliphatic heterocycles. The lowest BCUT2D eigenvalue weighted by atomic mass is 10.1. The second-order valence-electron chi connectivity index (χ2n) is 3.43. The zero-order chi connectivity index (χ0) is 7.78. The summed E-state index contributed by atoms with van der Waals surface area (Å²) < 4.78 is 12.3. The topological polar surface area (TPSA) is 23.8 Å². The van der Waals surface area contributed by atoms with E-state index in [1.54, 1.807) is 0 Å². The van der Waals surface area contributed by atoms with E-state index in [1.165, 1.54) is 12.1 Å². The molecule has 10 heavy (non-hydrogen) atoms. The van der Waals surface area contributed by atoms with Crippen LogP contribution in [0.3, 0.4) is 0 Å². The Morgan fingerprint density at radius 2 is 2.30 bits per heavy atom. The first-order valence-electron chi connectivity index (χ1n) is 3.34. The Bertz CT molecular complexity index is 210. The Morgan fingerprint density at radius 1 is 1.80 bits per heavy atom. The van der Waals surface area contributed by atoms with Crippen molar-refractivity contribution in [3.05, 3.63) is 11.9 Å². The molecule has 1 aliphatic carbocycles. The first-order valence-corrected chi connectivity index (χ1v) is 3.34. The first kappa shape index (κ1) is 7.27. The quantitative estimate of drug-likeness (QED) is 0.512. The van der Waals surface area contributed by atoms with Gasteiger partial charge in [-0.15, -0.1) is 0 Å². The van der Waals surface area contributed by atoms with Crippen molar-refractivity contribution in [2.75, 3.05) is 0 Å². The lowest BCUT2D eigenvalue weighted by Gasteiger charge is -1.94. The molecule has 1 unspecified atom stereocenters. The maximum Gasteiger partial charge on any atom is 0.196 e. The van der Waals surface area contributed by atoms with Crippen molar-refractivity contribution in [1.82, 2.24) is 0 Å². The van der Waals surface area contributed by atoms with Crippen LogP contribution in [0.25, 0.3) is 0 Å². The van der Waals surface area contributed by atoms with E-state index < -0.39 is 5.83 Å². The van der Waals surface area contributed by atoms with Crippen LogP contribution < -0.4 is 0 Å². The van der Waals surface area contributed by atoms with Crippen molar-refractivity contribution in [1.29, 1.82) is 5.26 Å². The molecule has 2 heteroatoms. The third-order valence-electron chi connectivity index (χ3n) is 2.04. The molecule has 1 rings (SSSR count). The number of rotatable bonds is 1. The van der Waals surface area contributed by atoms with Crippen LogP contribution in [0.5, 0.6) is 0 Å². The standard InChI is InChI=1S/C8H10FN/c1-8(2)4-6(8)3-7(9)5-10/h3,6H,4H2,1-2H3. The predicted octanol–water partition coefficient (Wildman–Crippen LogP) is 2.41. The normalized spacial score (nSPS) is 29.4. The van der Waals surface area contributed by atoms with Gasteiger partial charge in [-0.05, 0) is 23.8 Å². The van der Waals surface area contributed by atoms with Crippen LogP contribution in [0, 0.1) is 22.7 Å². The van der Waals surface area contributed by atoms with Gasteiger partial charge < -0.3 is 0 Å². The third kappa shape index (κ3) is 1.36. The SMILES string of the molecule is CC1(C)CC1C=C(F)C#N. The molecular weight excluding hydrogens is 129 g/mol. The van der Waals surface area contributed by atoms with E-state index >= 15 is 0 Å². The molecule has 0 radical (unpaired) electrons. The molecule has 0 N–H and O–H groups in total. The summed E-state index contributed by atoms with van der Waals surface area (Å²) in [5.74, 6) is -0.359. The monoisotopic (exact) mass is 139 g/mol. The van der Waals surface area contributed by atoms with Crippen LogP contribution in [-0.2, 0) is 0 Å². The lowest BCUT2D eigenvalue weighted by molar-refractivity contribution is 0.595.